The van der Waals surface area contributed by atoms with Gasteiger partial charge in [0.05, 0.1) is 5.69 Å². The van der Waals surface area contributed by atoms with Crippen molar-refractivity contribution in [1.82, 2.24) is 9.97 Å². The van der Waals surface area contributed by atoms with Crippen molar-refractivity contribution in [3.63, 3.8) is 0 Å². The summed E-state index contributed by atoms with van der Waals surface area (Å²) in [5, 5.41) is 5.97. The van der Waals surface area contributed by atoms with Gasteiger partial charge in [-0.2, -0.15) is 0 Å². The molecule has 0 fully saturated rings. The Morgan fingerprint density at radius 2 is 2.00 bits per heavy atom. The molecule has 0 unspecified atom stereocenters. The van der Waals surface area contributed by atoms with Gasteiger partial charge in [0.2, 0.25) is 0 Å². The Morgan fingerprint density at radius 3 is 2.67 bits per heavy atom. The zero-order valence-corrected chi connectivity index (χ0v) is 12.4. The van der Waals surface area contributed by atoms with Crippen LogP contribution in [0.4, 0.5) is 21.7 Å². The summed E-state index contributed by atoms with van der Waals surface area (Å²) < 4.78 is 19.2. The van der Waals surface area contributed by atoms with Crippen molar-refractivity contribution in [3.8, 4) is 0 Å². The zero-order chi connectivity index (χ0) is 15.2. The molecule has 6 heteroatoms. The van der Waals surface area contributed by atoms with Crippen molar-refractivity contribution in [2.45, 2.75) is 20.5 Å². The maximum atomic E-state index is 13.9. The third-order valence-electron chi connectivity index (χ3n) is 2.94. The molecule has 2 aromatic rings. The topological polar surface area (TPSA) is 59.1 Å². The second kappa shape index (κ2) is 6.99. The molecule has 0 aliphatic carbocycles. The van der Waals surface area contributed by atoms with E-state index < -0.39 is 0 Å². The van der Waals surface area contributed by atoms with Crippen molar-refractivity contribution < 1.29 is 9.13 Å². The van der Waals surface area contributed by atoms with Crippen LogP contribution >= 0.6 is 0 Å². The molecule has 1 aromatic heterocycles. The molecular weight excluding hydrogens is 271 g/mol. The highest BCUT2D eigenvalue weighted by atomic mass is 19.1. The number of aryl methyl sites for hydroxylation is 1. The Morgan fingerprint density at radius 1 is 1.24 bits per heavy atom. The molecule has 5 nitrogen and oxygen atoms in total. The molecule has 1 heterocycles. The van der Waals surface area contributed by atoms with Gasteiger partial charge in [-0.3, -0.25) is 0 Å². The highest BCUT2D eigenvalue weighted by Crippen LogP contribution is 2.23. The van der Waals surface area contributed by atoms with E-state index in [1.165, 1.54) is 6.07 Å². The molecule has 1 aromatic carbocycles. The van der Waals surface area contributed by atoms with Crippen molar-refractivity contribution >= 4 is 17.3 Å². The Kier molecular flexibility index (Phi) is 5.05. The molecular formula is C15H19FN4O. The molecule has 21 heavy (non-hydrogen) atoms. The van der Waals surface area contributed by atoms with Crippen LogP contribution in [0.25, 0.3) is 0 Å². The summed E-state index contributed by atoms with van der Waals surface area (Å²) in [4.78, 5) is 8.64. The van der Waals surface area contributed by atoms with E-state index in [1.807, 2.05) is 19.9 Å². The van der Waals surface area contributed by atoms with E-state index in [2.05, 4.69) is 20.6 Å². The van der Waals surface area contributed by atoms with E-state index in [1.54, 1.807) is 19.2 Å². The number of anilines is 3. The summed E-state index contributed by atoms with van der Waals surface area (Å²) in [6.07, 6.45) is 0. The fourth-order valence-electron chi connectivity index (χ4n) is 1.87. The third kappa shape index (κ3) is 3.88. The first kappa shape index (κ1) is 15.2. The molecule has 0 saturated heterocycles. The number of para-hydroxylation sites is 1. The number of nitrogens with one attached hydrogen (secondary N) is 2. The van der Waals surface area contributed by atoms with Crippen LogP contribution in [0.5, 0.6) is 0 Å². The monoisotopic (exact) mass is 290 g/mol. The lowest BCUT2D eigenvalue weighted by Gasteiger charge is -2.12. The molecule has 0 amide bonds. The molecule has 0 spiro atoms. The quantitative estimate of drug-likeness (QED) is 0.855. The maximum Gasteiger partial charge on any atom is 0.158 e. The van der Waals surface area contributed by atoms with Gasteiger partial charge in [-0.05, 0) is 25.5 Å². The molecule has 0 radical (unpaired) electrons. The first-order valence-electron chi connectivity index (χ1n) is 6.79. The van der Waals surface area contributed by atoms with Crippen molar-refractivity contribution in [3.05, 3.63) is 41.5 Å². The molecule has 0 saturated carbocycles. The fourth-order valence-corrected chi connectivity index (χ4v) is 1.87. The van der Waals surface area contributed by atoms with Crippen LogP contribution in [0.1, 0.15) is 18.3 Å². The van der Waals surface area contributed by atoms with Gasteiger partial charge in [-0.1, -0.05) is 12.1 Å². The highest BCUT2D eigenvalue weighted by molar-refractivity contribution is 5.63. The van der Waals surface area contributed by atoms with Crippen LogP contribution in [0.2, 0.25) is 0 Å². The average Bonchev–Trinajstić information content (AvgIpc) is 2.49. The van der Waals surface area contributed by atoms with E-state index in [4.69, 9.17) is 4.74 Å². The van der Waals surface area contributed by atoms with Gasteiger partial charge in [0.25, 0.3) is 0 Å². The lowest BCUT2D eigenvalue weighted by molar-refractivity contribution is 0.128. The maximum absolute atomic E-state index is 13.9. The molecule has 0 atom stereocenters. The number of hydrogen-bond donors (Lipinski definition) is 2. The van der Waals surface area contributed by atoms with Crippen molar-refractivity contribution in [2.24, 2.45) is 0 Å². The largest absolute Gasteiger partial charge is 0.374 e. The van der Waals surface area contributed by atoms with Gasteiger partial charge in [0.1, 0.15) is 24.1 Å². The summed E-state index contributed by atoms with van der Waals surface area (Å²) >= 11 is 0. The van der Waals surface area contributed by atoms with Crippen LogP contribution < -0.4 is 10.6 Å². The Bertz CT molecular complexity index is 598. The second-order valence-electron chi connectivity index (χ2n) is 4.50. The second-order valence-corrected chi connectivity index (χ2v) is 4.50. The first-order valence-corrected chi connectivity index (χ1v) is 6.79. The van der Waals surface area contributed by atoms with Crippen LogP contribution in [-0.4, -0.2) is 23.6 Å². The predicted octanol–water partition coefficient (Wildman–Crippen LogP) is 3.25. The van der Waals surface area contributed by atoms with Crippen LogP contribution in [0.15, 0.2) is 24.3 Å². The van der Waals surface area contributed by atoms with Crippen molar-refractivity contribution in [1.29, 1.82) is 0 Å². The fraction of sp³-hybridized carbons (Fsp3) is 0.333. The summed E-state index contributed by atoms with van der Waals surface area (Å²) in [6, 6.07) is 6.65. The summed E-state index contributed by atoms with van der Waals surface area (Å²) in [6.45, 7) is 4.65. The smallest absolute Gasteiger partial charge is 0.158 e. The van der Waals surface area contributed by atoms with Gasteiger partial charge in [0, 0.05) is 19.7 Å². The van der Waals surface area contributed by atoms with E-state index in [0.717, 1.165) is 5.56 Å². The molecule has 2 rings (SSSR count). The van der Waals surface area contributed by atoms with Gasteiger partial charge >= 0.3 is 0 Å². The lowest BCUT2D eigenvalue weighted by Crippen LogP contribution is -2.06. The van der Waals surface area contributed by atoms with Crippen LogP contribution in [-0.2, 0) is 11.3 Å². The minimum Gasteiger partial charge on any atom is -0.374 e. The molecule has 0 bridgehead atoms. The molecule has 112 valence electrons. The van der Waals surface area contributed by atoms with Gasteiger partial charge in [-0.15, -0.1) is 0 Å². The van der Waals surface area contributed by atoms with Crippen LogP contribution in [0, 0.1) is 12.7 Å². The van der Waals surface area contributed by atoms with Crippen molar-refractivity contribution in [2.75, 3.05) is 24.3 Å². The number of ether oxygens (including phenoxy) is 1. The van der Waals surface area contributed by atoms with Crippen LogP contribution in [0.3, 0.4) is 0 Å². The minimum absolute atomic E-state index is 0.314. The average molecular weight is 290 g/mol. The molecule has 0 aliphatic heterocycles. The SMILES string of the molecule is CCOCc1nc(NC)cc(Nc2c(C)cccc2F)n1. The number of rotatable bonds is 6. The predicted molar refractivity (Wildman–Crippen MR) is 81.3 cm³/mol. The van der Waals surface area contributed by atoms with E-state index >= 15 is 0 Å². The molecule has 0 aliphatic rings. The zero-order valence-electron chi connectivity index (χ0n) is 12.4. The number of halogens is 1. The lowest BCUT2D eigenvalue weighted by atomic mass is 10.2. The van der Waals surface area contributed by atoms with E-state index in [9.17, 15) is 4.39 Å². The highest BCUT2D eigenvalue weighted by Gasteiger charge is 2.09. The summed E-state index contributed by atoms with van der Waals surface area (Å²) in [5.41, 5.74) is 1.23. The van der Waals surface area contributed by atoms with Gasteiger partial charge < -0.3 is 15.4 Å². The summed E-state index contributed by atoms with van der Waals surface area (Å²) in [7, 11) is 1.77. The van der Waals surface area contributed by atoms with Gasteiger partial charge in [-0.25, -0.2) is 14.4 Å². The number of aromatic nitrogens is 2. The first-order chi connectivity index (χ1) is 10.1. The minimum atomic E-state index is -0.314. The van der Waals surface area contributed by atoms with E-state index in [0.29, 0.717) is 36.4 Å². The Hall–Kier alpha value is -2.21. The Labute approximate surface area is 123 Å². The number of benzene rings is 1. The van der Waals surface area contributed by atoms with E-state index in [-0.39, 0.29) is 5.82 Å². The standard InChI is InChI=1S/C15H19FN4O/c1-4-21-9-14-18-12(17-3)8-13(19-14)20-15-10(2)6-5-7-11(15)16/h5-8H,4,9H2,1-3H3,(H2,17,18,19,20). The third-order valence-corrected chi connectivity index (χ3v) is 2.94. The van der Waals surface area contributed by atoms with Gasteiger partial charge in [0.15, 0.2) is 5.82 Å². The summed E-state index contributed by atoms with van der Waals surface area (Å²) in [5.74, 6) is 1.40. The molecule has 2 N–H and O–H groups in total. The number of nitrogens with zero attached hydrogens (tertiary/aromatic N) is 2. The Balaban J connectivity index is 2.30. The normalized spacial score (nSPS) is 10.5. The number of hydrogen-bond acceptors (Lipinski definition) is 5.